The summed E-state index contributed by atoms with van der Waals surface area (Å²) in [4.78, 5) is 5.40. The molecule has 0 fully saturated rings. The van der Waals surface area contributed by atoms with Crippen molar-refractivity contribution >= 4 is 123 Å². The third-order valence-electron chi connectivity index (χ3n) is 24.1. The molecule has 0 unspecified atom stereocenters. The molecule has 2 aliphatic heterocycles. The molecule has 2 aliphatic rings. The van der Waals surface area contributed by atoms with E-state index in [-0.39, 0.29) is 28.4 Å². The van der Waals surface area contributed by atoms with Crippen LogP contribution in [0, 0.1) is 0 Å². The molecule has 5 nitrogen and oxygen atoms in total. The number of para-hydroxylation sites is 3. The van der Waals surface area contributed by atoms with E-state index < -0.39 is 0 Å². The van der Waals surface area contributed by atoms with E-state index >= 15 is 0 Å². The van der Waals surface area contributed by atoms with Crippen LogP contribution in [0.1, 0.15) is 105 Å². The third-order valence-corrected chi connectivity index (χ3v) is 24.1. The number of furan rings is 1. The van der Waals surface area contributed by atoms with Gasteiger partial charge >= 0.3 is 0 Å². The largest absolute Gasteiger partial charge is 0.456 e. The topological polar surface area (TPSA) is 29.5 Å². The van der Waals surface area contributed by atoms with Crippen LogP contribution in [0.5, 0.6) is 0 Å². The van der Waals surface area contributed by atoms with Gasteiger partial charge in [0.15, 0.2) is 0 Å². The Kier molecular flexibility index (Phi) is 15.6. The highest BCUT2D eigenvalue weighted by atomic mass is 16.3. The van der Waals surface area contributed by atoms with Crippen LogP contribution in [0.2, 0.25) is 0 Å². The van der Waals surface area contributed by atoms with Gasteiger partial charge in [0.05, 0.1) is 33.4 Å². The van der Waals surface area contributed by atoms with E-state index in [0.29, 0.717) is 0 Å². The summed E-state index contributed by atoms with van der Waals surface area (Å²) in [5.41, 5.74) is 34.9. The Morgan fingerprint density at radius 1 is 0.241 bits per heavy atom. The van der Waals surface area contributed by atoms with E-state index in [2.05, 4.69) is 424 Å². The second-order valence-corrected chi connectivity index (χ2v) is 35.3. The number of hydrogen-bond acceptors (Lipinski definition) is 3. The standard InChI is InChI=1S/C106H89BN4O/c1-103(2,3)72-44-52-90-83(60-72)84-61-73(104(4,5)6)45-53-91(84)108(90)76-48-50-88-94(64-76)110(101-78(66-29-17-13-18-30-66)38-27-39-79(101)67-31-19-14-20-32-67)96-58-71(70-43-56-99-87(57-70)82-37-25-26-42-98(82)112-99)59-97-100(96)107(88)89-51-49-77(109-92-54-46-74(105(7,8)9)62-85(92)86-63-75(106(10,11)12)47-55-93(86)109)65-95(89)111(97)102-80(68-33-21-15-22-34-68)40-28-41-81(102)69-35-23-16-24-36-69/h13-65H,1-12H3. The van der Waals surface area contributed by atoms with Crippen LogP contribution in [-0.2, 0) is 21.7 Å². The minimum atomic E-state index is -0.295. The minimum absolute atomic E-state index is 0.0720. The van der Waals surface area contributed by atoms with Crippen LogP contribution in [-0.4, -0.2) is 15.8 Å². The molecule has 0 saturated heterocycles. The average molecular weight is 1450 g/mol. The van der Waals surface area contributed by atoms with Crippen LogP contribution in [0.3, 0.4) is 0 Å². The molecule has 0 amide bonds. The fourth-order valence-corrected chi connectivity index (χ4v) is 18.2. The lowest BCUT2D eigenvalue weighted by Crippen LogP contribution is -2.61. The number of rotatable bonds is 9. The molecule has 0 atom stereocenters. The summed E-state index contributed by atoms with van der Waals surface area (Å²) < 4.78 is 11.8. The maximum absolute atomic E-state index is 6.70. The molecule has 20 rings (SSSR count). The molecule has 0 bridgehead atoms. The zero-order chi connectivity index (χ0) is 76.4. The van der Waals surface area contributed by atoms with Gasteiger partial charge in [0, 0.05) is 88.7 Å². The monoisotopic (exact) mass is 1440 g/mol. The molecule has 0 saturated carbocycles. The molecule has 18 aromatic rings. The molecule has 0 spiro atoms. The van der Waals surface area contributed by atoms with Crippen molar-refractivity contribution in [1.82, 2.24) is 9.13 Å². The Labute approximate surface area is 657 Å². The lowest BCUT2D eigenvalue weighted by molar-refractivity contribution is 0.590. The first-order valence-electron chi connectivity index (χ1n) is 39.7. The van der Waals surface area contributed by atoms with Crippen LogP contribution in [0.25, 0.3) is 133 Å². The van der Waals surface area contributed by atoms with Crippen LogP contribution >= 0.6 is 0 Å². The number of benzene rings is 15. The summed E-state index contributed by atoms with van der Waals surface area (Å²) in [6, 6.07) is 123. The van der Waals surface area contributed by atoms with Gasteiger partial charge in [-0.3, -0.25) is 0 Å². The van der Waals surface area contributed by atoms with Crippen LogP contribution in [0.4, 0.5) is 34.1 Å². The summed E-state index contributed by atoms with van der Waals surface area (Å²) in [6.07, 6.45) is 0. The normalized spacial score (nSPS) is 13.1. The maximum atomic E-state index is 6.70. The maximum Gasteiger partial charge on any atom is 0.252 e. The van der Waals surface area contributed by atoms with Crippen molar-refractivity contribution in [2.24, 2.45) is 0 Å². The number of anilines is 6. The van der Waals surface area contributed by atoms with Gasteiger partial charge in [0.1, 0.15) is 11.2 Å². The number of nitrogens with zero attached hydrogens (tertiary/aromatic N) is 4. The average Bonchev–Trinajstić information content (AvgIpc) is 0.775. The molecule has 3 aromatic heterocycles. The second kappa shape index (κ2) is 25.5. The number of hydrogen-bond donors (Lipinski definition) is 0. The summed E-state index contributed by atoms with van der Waals surface area (Å²) in [6.45, 7) is 27.7. The van der Waals surface area contributed by atoms with Gasteiger partial charge in [-0.1, -0.05) is 301 Å². The zero-order valence-electron chi connectivity index (χ0n) is 65.9. The van der Waals surface area contributed by atoms with Crippen molar-refractivity contribution in [1.29, 1.82) is 0 Å². The first-order chi connectivity index (χ1) is 54.1. The first kappa shape index (κ1) is 68.6. The van der Waals surface area contributed by atoms with Crippen LogP contribution < -0.4 is 26.2 Å². The van der Waals surface area contributed by atoms with E-state index in [4.69, 9.17) is 4.42 Å². The fourth-order valence-electron chi connectivity index (χ4n) is 18.2. The lowest BCUT2D eigenvalue weighted by atomic mass is 9.33. The Morgan fingerprint density at radius 3 is 0.938 bits per heavy atom. The van der Waals surface area contributed by atoms with Crippen LogP contribution in [0.15, 0.2) is 326 Å². The van der Waals surface area contributed by atoms with Gasteiger partial charge in [0.25, 0.3) is 6.71 Å². The quantitative estimate of drug-likeness (QED) is 0.135. The summed E-state index contributed by atoms with van der Waals surface area (Å²) in [5, 5.41) is 7.16. The van der Waals surface area contributed by atoms with Gasteiger partial charge in [-0.2, -0.15) is 0 Å². The Hall–Kier alpha value is -12.6. The fraction of sp³-hybridized carbons (Fsp3) is 0.151. The lowest BCUT2D eigenvalue weighted by Gasteiger charge is -2.46. The Bertz CT molecular complexity index is 6240. The zero-order valence-corrected chi connectivity index (χ0v) is 65.9. The molecular formula is C106H89BN4O. The molecule has 15 aromatic carbocycles. The molecule has 0 N–H and O–H groups in total. The van der Waals surface area contributed by atoms with Crippen molar-refractivity contribution in [3.63, 3.8) is 0 Å². The predicted octanol–water partition coefficient (Wildman–Crippen LogP) is 27.4. The predicted molar refractivity (Wildman–Crippen MR) is 478 cm³/mol. The molecular weight excluding hydrogens is 1360 g/mol. The molecule has 0 aliphatic carbocycles. The third kappa shape index (κ3) is 11.1. The van der Waals surface area contributed by atoms with Crippen molar-refractivity contribution in [2.75, 3.05) is 9.80 Å². The van der Waals surface area contributed by atoms with Gasteiger partial charge in [-0.15, -0.1) is 0 Å². The molecule has 5 heterocycles. The summed E-state index contributed by atoms with van der Waals surface area (Å²) in [7, 11) is 0. The minimum Gasteiger partial charge on any atom is -0.456 e. The molecule has 0 radical (unpaired) electrons. The van der Waals surface area contributed by atoms with Gasteiger partial charge in [-0.05, 0) is 197 Å². The van der Waals surface area contributed by atoms with Gasteiger partial charge in [0.2, 0.25) is 0 Å². The highest BCUT2D eigenvalue weighted by Gasteiger charge is 2.46. The SMILES string of the molecule is CC(C)(C)c1ccc2c(c1)c1cc(C(C)(C)C)ccc1n2-c1ccc2c(c1)N(c1c(-c3ccccc3)cccc1-c1ccccc1)c1cc(-c3ccc4oc5ccccc5c4c3)cc3c1B2c1ccc(-n2c4ccc(C(C)(C)C)cc4c4cc(C(C)(C)C)ccc42)cc1N3c1c(-c2ccccc2)cccc1-c1ccccc1. The summed E-state index contributed by atoms with van der Waals surface area (Å²) in [5.74, 6) is 0. The van der Waals surface area contributed by atoms with Crippen molar-refractivity contribution in [2.45, 2.75) is 105 Å². The number of fused-ring (bicyclic) bond motifs is 13. The van der Waals surface area contributed by atoms with E-state index in [1.807, 2.05) is 0 Å². The highest BCUT2D eigenvalue weighted by Crippen LogP contribution is 2.55. The Balaban J connectivity index is 0.965. The van der Waals surface area contributed by atoms with E-state index in [9.17, 15) is 0 Å². The molecule has 6 heteroatoms. The van der Waals surface area contributed by atoms with E-state index in [1.54, 1.807) is 0 Å². The van der Waals surface area contributed by atoms with Crippen molar-refractivity contribution in [3.8, 4) is 67.0 Å². The van der Waals surface area contributed by atoms with E-state index in [0.717, 1.165) is 123 Å². The molecule has 542 valence electrons. The Morgan fingerprint density at radius 2 is 0.580 bits per heavy atom. The second-order valence-electron chi connectivity index (χ2n) is 35.3. The molecule has 112 heavy (non-hydrogen) atoms. The van der Waals surface area contributed by atoms with Crippen molar-refractivity contribution in [3.05, 3.63) is 344 Å². The van der Waals surface area contributed by atoms with Crippen molar-refractivity contribution < 1.29 is 4.42 Å². The first-order valence-corrected chi connectivity index (χ1v) is 39.7. The van der Waals surface area contributed by atoms with E-state index in [1.165, 1.54) is 82.3 Å². The van der Waals surface area contributed by atoms with Gasteiger partial charge < -0.3 is 23.4 Å². The smallest absolute Gasteiger partial charge is 0.252 e. The van der Waals surface area contributed by atoms with Gasteiger partial charge in [-0.25, -0.2) is 0 Å². The summed E-state index contributed by atoms with van der Waals surface area (Å²) >= 11 is 0. The number of aromatic nitrogens is 2. The highest BCUT2D eigenvalue weighted by molar-refractivity contribution is 7.00.